The third-order valence-electron chi connectivity index (χ3n) is 6.13. The van der Waals surface area contributed by atoms with Gasteiger partial charge >= 0.3 is 12.1 Å². The lowest BCUT2D eigenvalue weighted by Gasteiger charge is -2.41. The van der Waals surface area contributed by atoms with Gasteiger partial charge in [-0.05, 0) is 59.2 Å². The standard InChI is InChI=1S/C23H30IN7O3/c1-15-25-13-18-14-30(22(34)31(15)18)29-11-9-28(10-12-29)20(32)19(23(2,3)4)27-21(33)26-17-7-5-16(24)6-8-17/h5-8,13,19H,9-12,14H2,1-4H3,(H2,26,27,33). The maximum Gasteiger partial charge on any atom is 0.344 e. The summed E-state index contributed by atoms with van der Waals surface area (Å²) in [4.78, 5) is 44.8. The molecule has 2 aromatic rings. The van der Waals surface area contributed by atoms with E-state index in [1.165, 1.54) is 0 Å². The van der Waals surface area contributed by atoms with E-state index in [0.29, 0.717) is 44.2 Å². The first-order valence-corrected chi connectivity index (χ1v) is 12.3. The summed E-state index contributed by atoms with van der Waals surface area (Å²) < 4.78 is 2.70. The van der Waals surface area contributed by atoms with Crippen molar-refractivity contribution in [3.05, 3.63) is 45.6 Å². The molecule has 0 spiro atoms. The minimum Gasteiger partial charge on any atom is -0.338 e. The molecule has 4 rings (SSSR count). The summed E-state index contributed by atoms with van der Waals surface area (Å²) >= 11 is 2.20. The van der Waals surface area contributed by atoms with Gasteiger partial charge in [0.25, 0.3) is 0 Å². The van der Waals surface area contributed by atoms with Crippen LogP contribution in [0.2, 0.25) is 0 Å². The highest BCUT2D eigenvalue weighted by molar-refractivity contribution is 14.1. The lowest BCUT2D eigenvalue weighted by molar-refractivity contribution is -0.139. The molecule has 0 saturated carbocycles. The average Bonchev–Trinajstić information content (AvgIpc) is 3.32. The first-order valence-electron chi connectivity index (χ1n) is 11.3. The molecule has 34 heavy (non-hydrogen) atoms. The van der Waals surface area contributed by atoms with Gasteiger partial charge in [0, 0.05) is 35.4 Å². The Morgan fingerprint density at radius 1 is 1.09 bits per heavy atom. The van der Waals surface area contributed by atoms with Crippen LogP contribution in [0.1, 0.15) is 32.3 Å². The van der Waals surface area contributed by atoms with E-state index in [-0.39, 0.29) is 11.9 Å². The molecule has 11 heteroatoms. The van der Waals surface area contributed by atoms with Crippen LogP contribution in [-0.2, 0) is 11.3 Å². The maximum absolute atomic E-state index is 13.4. The molecule has 2 aliphatic rings. The number of anilines is 1. The van der Waals surface area contributed by atoms with Gasteiger partial charge in [-0.25, -0.2) is 24.1 Å². The fourth-order valence-electron chi connectivity index (χ4n) is 4.24. The third kappa shape index (κ3) is 5.04. The number of carbonyl (C=O) groups is 3. The number of aryl methyl sites for hydroxylation is 1. The molecular weight excluding hydrogens is 549 g/mol. The van der Waals surface area contributed by atoms with Crippen LogP contribution in [0.4, 0.5) is 15.3 Å². The van der Waals surface area contributed by atoms with E-state index in [9.17, 15) is 14.4 Å². The van der Waals surface area contributed by atoms with E-state index in [2.05, 4.69) is 38.2 Å². The minimum atomic E-state index is -0.689. The molecular formula is C23H30IN7O3. The number of rotatable bonds is 4. The Morgan fingerprint density at radius 2 is 1.74 bits per heavy atom. The molecule has 0 bridgehead atoms. The second-order valence-corrected chi connectivity index (χ2v) is 10.9. The Morgan fingerprint density at radius 3 is 2.32 bits per heavy atom. The van der Waals surface area contributed by atoms with Crippen molar-refractivity contribution >= 4 is 46.2 Å². The number of benzene rings is 1. The van der Waals surface area contributed by atoms with Crippen molar-refractivity contribution in [2.24, 2.45) is 5.41 Å². The lowest BCUT2D eigenvalue weighted by Crippen LogP contribution is -2.61. The van der Waals surface area contributed by atoms with Crippen molar-refractivity contribution in [2.75, 3.05) is 31.5 Å². The van der Waals surface area contributed by atoms with Gasteiger partial charge in [-0.3, -0.25) is 9.80 Å². The Labute approximate surface area is 212 Å². The zero-order valence-electron chi connectivity index (χ0n) is 19.8. The van der Waals surface area contributed by atoms with Gasteiger partial charge in [-0.15, -0.1) is 0 Å². The van der Waals surface area contributed by atoms with Crippen LogP contribution >= 0.6 is 22.6 Å². The van der Waals surface area contributed by atoms with Crippen molar-refractivity contribution in [1.82, 2.24) is 29.8 Å². The Kier molecular flexibility index (Phi) is 6.85. The van der Waals surface area contributed by atoms with E-state index in [4.69, 9.17) is 0 Å². The number of carbonyl (C=O) groups excluding carboxylic acids is 3. The fraction of sp³-hybridized carbons (Fsp3) is 0.478. The predicted octanol–water partition coefficient (Wildman–Crippen LogP) is 2.88. The first-order chi connectivity index (χ1) is 16.0. The van der Waals surface area contributed by atoms with Crippen LogP contribution in [0.3, 0.4) is 0 Å². The molecule has 2 aliphatic heterocycles. The maximum atomic E-state index is 13.4. The van der Waals surface area contributed by atoms with Gasteiger partial charge in [0.1, 0.15) is 11.9 Å². The van der Waals surface area contributed by atoms with Gasteiger partial charge in [-0.2, -0.15) is 0 Å². The molecule has 1 atom stereocenters. The molecule has 1 aromatic carbocycles. The molecule has 1 saturated heterocycles. The van der Waals surface area contributed by atoms with E-state index in [0.717, 1.165) is 9.26 Å². The number of amides is 4. The van der Waals surface area contributed by atoms with Gasteiger partial charge in [0.15, 0.2) is 0 Å². The number of aromatic nitrogens is 2. The SMILES string of the molecule is Cc1ncc2n1C(=O)N(N1CCN(C(=O)C(NC(=O)Nc3ccc(I)cc3)C(C)(C)C)CC1)C2. The number of hydrogen-bond acceptors (Lipinski definition) is 5. The number of urea groups is 1. The second kappa shape index (κ2) is 9.53. The molecule has 1 aromatic heterocycles. The number of hydrogen-bond donors (Lipinski definition) is 2. The Balaban J connectivity index is 1.36. The molecule has 10 nitrogen and oxygen atoms in total. The van der Waals surface area contributed by atoms with Gasteiger partial charge in [-0.1, -0.05) is 20.8 Å². The molecule has 2 N–H and O–H groups in total. The van der Waals surface area contributed by atoms with Crippen molar-refractivity contribution < 1.29 is 14.4 Å². The zero-order valence-corrected chi connectivity index (χ0v) is 22.0. The van der Waals surface area contributed by atoms with Crippen LogP contribution in [0.5, 0.6) is 0 Å². The molecule has 1 unspecified atom stereocenters. The summed E-state index contributed by atoms with van der Waals surface area (Å²) in [5.41, 5.74) is 1.06. The monoisotopic (exact) mass is 579 g/mol. The number of fused-ring (bicyclic) bond motifs is 1. The zero-order chi connectivity index (χ0) is 24.6. The molecule has 182 valence electrons. The molecule has 4 amide bonds. The average molecular weight is 579 g/mol. The van der Waals surface area contributed by atoms with Crippen LogP contribution < -0.4 is 10.6 Å². The second-order valence-electron chi connectivity index (χ2n) is 9.66. The molecule has 3 heterocycles. The minimum absolute atomic E-state index is 0.105. The topological polar surface area (TPSA) is 103 Å². The normalized spacial score (nSPS) is 17.5. The molecule has 1 fully saturated rings. The van der Waals surface area contributed by atoms with E-state index in [1.807, 2.05) is 57.0 Å². The van der Waals surface area contributed by atoms with Crippen molar-refractivity contribution in [3.63, 3.8) is 0 Å². The summed E-state index contributed by atoms with van der Waals surface area (Å²) in [7, 11) is 0. The quantitative estimate of drug-likeness (QED) is 0.543. The summed E-state index contributed by atoms with van der Waals surface area (Å²) in [5, 5.41) is 9.39. The number of hydrazine groups is 1. The van der Waals surface area contributed by atoms with E-state index < -0.39 is 17.5 Å². The van der Waals surface area contributed by atoms with Crippen molar-refractivity contribution in [1.29, 1.82) is 0 Å². The van der Waals surface area contributed by atoms with Crippen molar-refractivity contribution in [2.45, 2.75) is 40.3 Å². The summed E-state index contributed by atoms with van der Waals surface area (Å²) in [5.74, 6) is 0.558. The lowest BCUT2D eigenvalue weighted by atomic mass is 9.85. The summed E-state index contributed by atoms with van der Waals surface area (Å²) in [6, 6.07) is 6.24. The van der Waals surface area contributed by atoms with Crippen LogP contribution in [0.25, 0.3) is 0 Å². The van der Waals surface area contributed by atoms with Crippen LogP contribution in [-0.4, -0.2) is 74.7 Å². The molecule has 0 radical (unpaired) electrons. The smallest absolute Gasteiger partial charge is 0.338 e. The Hall–Kier alpha value is -2.67. The van der Waals surface area contributed by atoms with Crippen LogP contribution in [0.15, 0.2) is 30.5 Å². The number of piperazine rings is 1. The van der Waals surface area contributed by atoms with E-state index >= 15 is 0 Å². The molecule has 0 aliphatic carbocycles. The third-order valence-corrected chi connectivity index (χ3v) is 6.85. The van der Waals surface area contributed by atoms with Crippen molar-refractivity contribution in [3.8, 4) is 0 Å². The summed E-state index contributed by atoms with van der Waals surface area (Å²) in [6.07, 6.45) is 1.73. The largest absolute Gasteiger partial charge is 0.344 e. The van der Waals surface area contributed by atoms with Gasteiger partial charge < -0.3 is 15.5 Å². The fourth-order valence-corrected chi connectivity index (χ4v) is 4.60. The van der Waals surface area contributed by atoms with E-state index in [1.54, 1.807) is 20.7 Å². The highest BCUT2D eigenvalue weighted by Gasteiger charge is 2.39. The highest BCUT2D eigenvalue weighted by atomic mass is 127. The number of halogens is 1. The highest BCUT2D eigenvalue weighted by Crippen LogP contribution is 2.24. The Bertz CT molecular complexity index is 1080. The van der Waals surface area contributed by atoms with Gasteiger partial charge in [0.05, 0.1) is 18.4 Å². The summed E-state index contributed by atoms with van der Waals surface area (Å²) in [6.45, 7) is 10.1. The number of nitrogens with zero attached hydrogens (tertiary/aromatic N) is 5. The number of imidazole rings is 1. The first kappa shape index (κ1) is 24.5. The number of nitrogens with one attached hydrogen (secondary N) is 2. The van der Waals surface area contributed by atoms with Gasteiger partial charge in [0.2, 0.25) is 5.91 Å². The van der Waals surface area contributed by atoms with Crippen LogP contribution in [0, 0.1) is 15.9 Å². The predicted molar refractivity (Wildman–Crippen MR) is 136 cm³/mol.